The lowest BCUT2D eigenvalue weighted by molar-refractivity contribution is 0.252. The van der Waals surface area contributed by atoms with Gasteiger partial charge in [-0.05, 0) is 43.4 Å². The van der Waals surface area contributed by atoms with Crippen molar-refractivity contribution in [2.75, 3.05) is 6.61 Å². The van der Waals surface area contributed by atoms with E-state index in [1.165, 1.54) is 25.7 Å². The van der Waals surface area contributed by atoms with Gasteiger partial charge in [0.1, 0.15) is 5.75 Å². The Kier molecular flexibility index (Phi) is 4.46. The largest absolute Gasteiger partial charge is 0.493 e. The fraction of sp³-hybridized carbons (Fsp3) is 0.571. The first-order chi connectivity index (χ1) is 8.16. The van der Waals surface area contributed by atoms with Gasteiger partial charge in [-0.1, -0.05) is 34.8 Å². The highest BCUT2D eigenvalue weighted by Crippen LogP contribution is 2.29. The van der Waals surface area contributed by atoms with Gasteiger partial charge in [-0.2, -0.15) is 0 Å². The Balaban J connectivity index is 1.94. The summed E-state index contributed by atoms with van der Waals surface area (Å²) in [6.07, 6.45) is 5.36. The van der Waals surface area contributed by atoms with Gasteiger partial charge in [-0.15, -0.1) is 0 Å². The molecule has 0 aromatic heterocycles. The molecule has 94 valence electrons. The van der Waals surface area contributed by atoms with Gasteiger partial charge in [-0.25, -0.2) is 0 Å². The standard InChI is InChI=1S/C14H20BrNO/c1-10(16)13-7-6-12(8-14(13)15)17-9-11-4-2-3-5-11/h6-8,10-11H,2-5,9,16H2,1H3/t10-/m1/s1. The molecule has 1 fully saturated rings. The molecule has 0 amide bonds. The second-order valence-electron chi connectivity index (χ2n) is 4.93. The van der Waals surface area contributed by atoms with E-state index in [9.17, 15) is 0 Å². The molecular weight excluding hydrogens is 278 g/mol. The maximum absolute atomic E-state index is 5.87. The Hall–Kier alpha value is -0.540. The van der Waals surface area contributed by atoms with Crippen LogP contribution >= 0.6 is 15.9 Å². The predicted molar refractivity (Wildman–Crippen MR) is 74.2 cm³/mol. The molecule has 2 nitrogen and oxygen atoms in total. The van der Waals surface area contributed by atoms with Crippen LogP contribution in [0.15, 0.2) is 22.7 Å². The number of halogens is 1. The summed E-state index contributed by atoms with van der Waals surface area (Å²) in [4.78, 5) is 0. The molecule has 0 bridgehead atoms. The number of ether oxygens (including phenoxy) is 1. The summed E-state index contributed by atoms with van der Waals surface area (Å²) < 4.78 is 6.87. The summed E-state index contributed by atoms with van der Waals surface area (Å²) in [6, 6.07) is 6.12. The molecule has 2 N–H and O–H groups in total. The van der Waals surface area contributed by atoms with Crippen molar-refractivity contribution >= 4 is 15.9 Å². The van der Waals surface area contributed by atoms with E-state index in [2.05, 4.69) is 15.9 Å². The Morgan fingerprint density at radius 3 is 2.71 bits per heavy atom. The lowest BCUT2D eigenvalue weighted by Gasteiger charge is -2.14. The molecule has 3 heteroatoms. The van der Waals surface area contributed by atoms with Crippen LogP contribution in [-0.4, -0.2) is 6.61 Å². The summed E-state index contributed by atoms with van der Waals surface area (Å²) in [5, 5.41) is 0. The molecule has 1 aliphatic rings. The lowest BCUT2D eigenvalue weighted by Crippen LogP contribution is -2.09. The average Bonchev–Trinajstić information content (AvgIpc) is 2.78. The van der Waals surface area contributed by atoms with E-state index in [-0.39, 0.29) is 6.04 Å². The highest BCUT2D eigenvalue weighted by molar-refractivity contribution is 9.10. The van der Waals surface area contributed by atoms with Crippen molar-refractivity contribution in [2.45, 2.75) is 38.6 Å². The molecule has 17 heavy (non-hydrogen) atoms. The molecule has 0 radical (unpaired) electrons. The van der Waals surface area contributed by atoms with Gasteiger partial charge < -0.3 is 10.5 Å². The molecule has 1 saturated carbocycles. The van der Waals surface area contributed by atoms with Crippen LogP contribution in [0.4, 0.5) is 0 Å². The molecule has 1 aromatic rings. The van der Waals surface area contributed by atoms with Gasteiger partial charge in [0, 0.05) is 10.5 Å². The number of nitrogens with two attached hydrogens (primary N) is 1. The van der Waals surface area contributed by atoms with E-state index >= 15 is 0 Å². The second-order valence-corrected chi connectivity index (χ2v) is 5.79. The highest BCUT2D eigenvalue weighted by Gasteiger charge is 2.15. The van der Waals surface area contributed by atoms with Gasteiger partial charge in [0.2, 0.25) is 0 Å². The zero-order chi connectivity index (χ0) is 12.3. The molecule has 2 rings (SSSR count). The predicted octanol–water partition coefficient (Wildman–Crippen LogP) is 4.04. The van der Waals surface area contributed by atoms with E-state index in [0.717, 1.165) is 28.3 Å². The molecule has 0 unspecified atom stereocenters. The van der Waals surface area contributed by atoms with Gasteiger partial charge >= 0.3 is 0 Å². The number of rotatable bonds is 4. The van der Waals surface area contributed by atoms with Crippen molar-refractivity contribution < 1.29 is 4.74 Å². The second kappa shape index (κ2) is 5.87. The fourth-order valence-corrected chi connectivity index (χ4v) is 3.08. The van der Waals surface area contributed by atoms with Crippen molar-refractivity contribution in [3.8, 4) is 5.75 Å². The summed E-state index contributed by atoms with van der Waals surface area (Å²) >= 11 is 3.54. The van der Waals surface area contributed by atoms with E-state index in [4.69, 9.17) is 10.5 Å². The minimum Gasteiger partial charge on any atom is -0.493 e. The summed E-state index contributed by atoms with van der Waals surface area (Å²) in [5.41, 5.74) is 6.99. The maximum Gasteiger partial charge on any atom is 0.120 e. The zero-order valence-corrected chi connectivity index (χ0v) is 11.9. The first-order valence-corrected chi connectivity index (χ1v) is 7.14. The van der Waals surface area contributed by atoms with Crippen LogP contribution in [-0.2, 0) is 0 Å². The normalized spacial score (nSPS) is 18.3. The van der Waals surface area contributed by atoms with Crippen LogP contribution in [0, 0.1) is 5.92 Å². The van der Waals surface area contributed by atoms with E-state index in [1.54, 1.807) is 0 Å². The summed E-state index contributed by atoms with van der Waals surface area (Å²) in [6.45, 7) is 2.84. The fourth-order valence-electron chi connectivity index (χ4n) is 2.36. The first kappa shape index (κ1) is 12.9. The SMILES string of the molecule is C[C@@H](N)c1ccc(OCC2CCCC2)cc1Br. The van der Waals surface area contributed by atoms with Crippen LogP contribution in [0.5, 0.6) is 5.75 Å². The number of benzene rings is 1. The van der Waals surface area contributed by atoms with E-state index in [1.807, 2.05) is 25.1 Å². The van der Waals surface area contributed by atoms with Gasteiger partial charge in [0.15, 0.2) is 0 Å². The topological polar surface area (TPSA) is 35.2 Å². The van der Waals surface area contributed by atoms with Crippen molar-refractivity contribution in [3.05, 3.63) is 28.2 Å². The minimum absolute atomic E-state index is 0.0493. The maximum atomic E-state index is 5.87. The van der Waals surface area contributed by atoms with Gasteiger partial charge in [0.05, 0.1) is 6.61 Å². The van der Waals surface area contributed by atoms with Crippen LogP contribution < -0.4 is 10.5 Å². The Morgan fingerprint density at radius 1 is 1.41 bits per heavy atom. The van der Waals surface area contributed by atoms with E-state index < -0.39 is 0 Å². The van der Waals surface area contributed by atoms with E-state index in [0.29, 0.717) is 0 Å². The summed E-state index contributed by atoms with van der Waals surface area (Å²) in [7, 11) is 0. The van der Waals surface area contributed by atoms with Gasteiger partial charge in [0.25, 0.3) is 0 Å². The third kappa shape index (κ3) is 3.46. The van der Waals surface area contributed by atoms with Crippen molar-refractivity contribution in [1.82, 2.24) is 0 Å². The molecule has 0 heterocycles. The third-order valence-electron chi connectivity index (χ3n) is 3.42. The number of hydrogen-bond acceptors (Lipinski definition) is 2. The molecule has 1 aromatic carbocycles. The Labute approximate surface area is 112 Å². The molecule has 0 saturated heterocycles. The van der Waals surface area contributed by atoms with Crippen LogP contribution in [0.1, 0.15) is 44.2 Å². The van der Waals surface area contributed by atoms with Crippen LogP contribution in [0.3, 0.4) is 0 Å². The Bertz CT molecular complexity index is 372. The monoisotopic (exact) mass is 297 g/mol. The average molecular weight is 298 g/mol. The smallest absolute Gasteiger partial charge is 0.120 e. The third-order valence-corrected chi connectivity index (χ3v) is 4.11. The summed E-state index contributed by atoms with van der Waals surface area (Å²) in [5.74, 6) is 1.69. The lowest BCUT2D eigenvalue weighted by atomic mass is 10.1. The van der Waals surface area contributed by atoms with Crippen LogP contribution in [0.2, 0.25) is 0 Å². The zero-order valence-electron chi connectivity index (χ0n) is 10.3. The highest BCUT2D eigenvalue weighted by atomic mass is 79.9. The Morgan fingerprint density at radius 2 is 2.12 bits per heavy atom. The number of hydrogen-bond donors (Lipinski definition) is 1. The molecule has 1 aliphatic carbocycles. The van der Waals surface area contributed by atoms with Crippen molar-refractivity contribution in [1.29, 1.82) is 0 Å². The molecule has 0 spiro atoms. The quantitative estimate of drug-likeness (QED) is 0.910. The van der Waals surface area contributed by atoms with Crippen molar-refractivity contribution in [3.63, 3.8) is 0 Å². The van der Waals surface area contributed by atoms with Crippen molar-refractivity contribution in [2.24, 2.45) is 11.7 Å². The molecule has 0 aliphatic heterocycles. The molecular formula is C14H20BrNO. The molecule has 1 atom stereocenters. The minimum atomic E-state index is 0.0493. The first-order valence-electron chi connectivity index (χ1n) is 6.34. The van der Waals surface area contributed by atoms with Crippen LogP contribution in [0.25, 0.3) is 0 Å². The van der Waals surface area contributed by atoms with Gasteiger partial charge in [-0.3, -0.25) is 0 Å².